The largest absolute Gasteiger partial charge is 0.396 e. The number of rotatable bonds is 9. The van der Waals surface area contributed by atoms with Gasteiger partial charge in [-0.15, -0.1) is 0 Å². The third-order valence-electron chi connectivity index (χ3n) is 2.98. The van der Waals surface area contributed by atoms with Crippen LogP contribution in [-0.4, -0.2) is 54.4 Å². The van der Waals surface area contributed by atoms with Gasteiger partial charge < -0.3 is 5.11 Å². The molecule has 0 aliphatic carbocycles. The van der Waals surface area contributed by atoms with E-state index in [1.165, 1.54) is 11.4 Å². The summed E-state index contributed by atoms with van der Waals surface area (Å²) in [6.45, 7) is 5.25. The maximum absolute atomic E-state index is 11.8. The number of aliphatic hydroxyl groups excluding tert-OH is 1. The number of hydrogen-bond donors (Lipinski definition) is 2. The van der Waals surface area contributed by atoms with Crippen LogP contribution in [0.3, 0.4) is 0 Å². The smallest absolute Gasteiger partial charge is 0.279 e. The van der Waals surface area contributed by atoms with Gasteiger partial charge in [-0.3, -0.25) is 4.68 Å². The van der Waals surface area contributed by atoms with E-state index in [2.05, 4.69) is 9.82 Å². The van der Waals surface area contributed by atoms with Gasteiger partial charge in [0.25, 0.3) is 10.2 Å². The summed E-state index contributed by atoms with van der Waals surface area (Å²) in [5.41, 5.74) is 2.04. The molecule has 20 heavy (non-hydrogen) atoms. The van der Waals surface area contributed by atoms with Gasteiger partial charge in [0.1, 0.15) is 0 Å². The van der Waals surface area contributed by atoms with Crippen molar-refractivity contribution < 1.29 is 13.5 Å². The van der Waals surface area contributed by atoms with Crippen molar-refractivity contribution >= 4 is 10.2 Å². The lowest BCUT2D eigenvalue weighted by atomic mass is 10.4. The highest BCUT2D eigenvalue weighted by Gasteiger charge is 2.15. The van der Waals surface area contributed by atoms with E-state index >= 15 is 0 Å². The van der Waals surface area contributed by atoms with Gasteiger partial charge in [-0.05, 0) is 32.8 Å². The molecule has 1 rings (SSSR count). The highest BCUT2D eigenvalue weighted by atomic mass is 32.2. The molecule has 0 aliphatic heterocycles. The Hall–Kier alpha value is -0.960. The summed E-state index contributed by atoms with van der Waals surface area (Å²) in [5, 5.41) is 13.0. The van der Waals surface area contributed by atoms with Crippen molar-refractivity contribution in [3.05, 3.63) is 17.5 Å². The highest BCUT2D eigenvalue weighted by Crippen LogP contribution is 2.02. The van der Waals surface area contributed by atoms with Crippen molar-refractivity contribution in [1.82, 2.24) is 18.8 Å². The first-order valence-corrected chi connectivity index (χ1v) is 8.13. The molecular weight excluding hydrogens is 280 g/mol. The third-order valence-corrected chi connectivity index (χ3v) is 4.55. The Morgan fingerprint density at radius 3 is 2.65 bits per heavy atom. The lowest BCUT2D eigenvalue weighted by molar-refractivity contribution is 0.275. The summed E-state index contributed by atoms with van der Waals surface area (Å²) in [7, 11) is -1.95. The van der Waals surface area contributed by atoms with Gasteiger partial charge in [0.2, 0.25) is 0 Å². The minimum absolute atomic E-state index is 0.0161. The van der Waals surface area contributed by atoms with Gasteiger partial charge >= 0.3 is 0 Å². The molecule has 0 saturated carbocycles. The second-order valence-electron chi connectivity index (χ2n) is 4.80. The molecule has 0 amide bonds. The third kappa shape index (κ3) is 5.20. The van der Waals surface area contributed by atoms with Crippen LogP contribution in [0.5, 0.6) is 0 Å². The molecule has 8 heteroatoms. The molecule has 0 bridgehead atoms. The number of aryl methyl sites for hydroxylation is 3. The topological polar surface area (TPSA) is 87.5 Å². The number of hydrogen-bond acceptors (Lipinski definition) is 4. The molecule has 0 saturated heterocycles. The van der Waals surface area contributed by atoms with Crippen LogP contribution in [0.15, 0.2) is 6.07 Å². The lowest BCUT2D eigenvalue weighted by Crippen LogP contribution is -2.39. The summed E-state index contributed by atoms with van der Waals surface area (Å²) in [6, 6.07) is 1.99. The van der Waals surface area contributed by atoms with Crippen molar-refractivity contribution in [3.63, 3.8) is 0 Å². The molecule has 116 valence electrons. The van der Waals surface area contributed by atoms with Crippen molar-refractivity contribution in [2.45, 2.75) is 33.2 Å². The Balaban J connectivity index is 2.34. The SMILES string of the molecule is Cc1cc(C)n(CCCNS(=O)(=O)N(C)CCCO)n1. The standard InChI is InChI=1S/C12H24N4O3S/c1-11-10-12(2)16(14-11)8-4-6-13-20(18,19)15(3)7-5-9-17/h10,13,17H,4-9H2,1-3H3. The molecular formula is C12H24N4O3S. The van der Waals surface area contributed by atoms with Crippen LogP contribution in [-0.2, 0) is 16.8 Å². The fraction of sp³-hybridized carbons (Fsp3) is 0.750. The minimum atomic E-state index is -3.45. The Morgan fingerprint density at radius 2 is 2.10 bits per heavy atom. The summed E-state index contributed by atoms with van der Waals surface area (Å²) < 4.78 is 29.3. The second-order valence-corrected chi connectivity index (χ2v) is 6.66. The monoisotopic (exact) mass is 304 g/mol. The Bertz CT molecular complexity index is 513. The number of aromatic nitrogens is 2. The average Bonchev–Trinajstić information content (AvgIpc) is 2.70. The number of nitrogens with zero attached hydrogens (tertiary/aromatic N) is 3. The Kier molecular flexibility index (Phi) is 6.60. The fourth-order valence-electron chi connectivity index (χ4n) is 1.86. The van der Waals surface area contributed by atoms with Crippen molar-refractivity contribution in [2.24, 2.45) is 0 Å². The second kappa shape index (κ2) is 7.72. The molecule has 1 aromatic rings. The quantitative estimate of drug-likeness (QED) is 0.631. The van der Waals surface area contributed by atoms with E-state index in [1.807, 2.05) is 24.6 Å². The van der Waals surface area contributed by atoms with Gasteiger partial charge in [-0.25, -0.2) is 4.72 Å². The van der Waals surface area contributed by atoms with E-state index in [4.69, 9.17) is 5.11 Å². The van der Waals surface area contributed by atoms with Gasteiger partial charge in [0.05, 0.1) is 5.69 Å². The molecule has 7 nitrogen and oxygen atoms in total. The van der Waals surface area contributed by atoms with E-state index in [0.29, 0.717) is 32.5 Å². The van der Waals surface area contributed by atoms with Crippen molar-refractivity contribution in [3.8, 4) is 0 Å². The average molecular weight is 304 g/mol. The van der Waals surface area contributed by atoms with Gasteiger partial charge in [0.15, 0.2) is 0 Å². The van der Waals surface area contributed by atoms with Crippen molar-refractivity contribution in [2.75, 3.05) is 26.7 Å². The Morgan fingerprint density at radius 1 is 1.40 bits per heavy atom. The highest BCUT2D eigenvalue weighted by molar-refractivity contribution is 7.87. The first-order valence-electron chi connectivity index (χ1n) is 6.69. The maximum Gasteiger partial charge on any atom is 0.279 e. The molecule has 0 fully saturated rings. The molecule has 0 unspecified atom stereocenters. The first kappa shape index (κ1) is 17.1. The summed E-state index contributed by atoms with van der Waals surface area (Å²) >= 11 is 0. The molecule has 1 heterocycles. The van der Waals surface area contributed by atoms with Crippen LogP contribution in [0.25, 0.3) is 0 Å². The Labute approximate surface area is 120 Å². The zero-order valence-electron chi connectivity index (χ0n) is 12.3. The molecule has 0 radical (unpaired) electrons. The van der Waals surface area contributed by atoms with Crippen LogP contribution < -0.4 is 4.72 Å². The van der Waals surface area contributed by atoms with Gasteiger partial charge in [0, 0.05) is 39.0 Å². The molecule has 0 atom stereocenters. The van der Waals surface area contributed by atoms with E-state index in [-0.39, 0.29) is 6.61 Å². The van der Waals surface area contributed by atoms with Crippen LogP contribution in [0, 0.1) is 13.8 Å². The van der Waals surface area contributed by atoms with Crippen LogP contribution in [0.2, 0.25) is 0 Å². The van der Waals surface area contributed by atoms with E-state index in [0.717, 1.165) is 11.4 Å². The first-order chi connectivity index (χ1) is 9.36. The number of nitrogens with one attached hydrogen (secondary N) is 1. The lowest BCUT2D eigenvalue weighted by Gasteiger charge is -2.17. The molecule has 0 aliphatic rings. The van der Waals surface area contributed by atoms with Crippen molar-refractivity contribution in [1.29, 1.82) is 0 Å². The predicted octanol–water partition coefficient (Wildman–Crippen LogP) is 0.0386. The van der Waals surface area contributed by atoms with E-state index in [9.17, 15) is 8.42 Å². The molecule has 1 aromatic heterocycles. The summed E-state index contributed by atoms with van der Waals surface area (Å²) in [4.78, 5) is 0. The van der Waals surface area contributed by atoms with Gasteiger partial charge in [-0.1, -0.05) is 0 Å². The van der Waals surface area contributed by atoms with Gasteiger partial charge in [-0.2, -0.15) is 17.8 Å². The van der Waals surface area contributed by atoms with Crippen LogP contribution in [0.4, 0.5) is 0 Å². The maximum atomic E-state index is 11.8. The van der Waals surface area contributed by atoms with E-state index in [1.54, 1.807) is 0 Å². The molecule has 0 spiro atoms. The van der Waals surface area contributed by atoms with E-state index < -0.39 is 10.2 Å². The minimum Gasteiger partial charge on any atom is -0.396 e. The molecule has 2 N–H and O–H groups in total. The predicted molar refractivity (Wildman–Crippen MR) is 77.6 cm³/mol. The summed E-state index contributed by atoms with van der Waals surface area (Å²) in [5.74, 6) is 0. The van der Waals surface area contributed by atoms with Crippen LogP contribution >= 0.6 is 0 Å². The zero-order chi connectivity index (χ0) is 15.2. The fourth-order valence-corrected chi connectivity index (χ4v) is 2.85. The normalized spacial score (nSPS) is 12.2. The van der Waals surface area contributed by atoms with Crippen LogP contribution in [0.1, 0.15) is 24.2 Å². The molecule has 0 aromatic carbocycles. The number of aliphatic hydroxyl groups is 1. The summed E-state index contributed by atoms with van der Waals surface area (Å²) in [6.07, 6.45) is 1.11. The zero-order valence-corrected chi connectivity index (χ0v) is 13.2.